The number of nitrogens with zero attached hydrogens (tertiary/aromatic N) is 7. The molecule has 330 valence electrons. The molecule has 12 nitrogen and oxygen atoms in total. The first-order chi connectivity index (χ1) is 29.1. The summed E-state index contributed by atoms with van der Waals surface area (Å²) in [6.45, 7) is 5.29. The zero-order chi connectivity index (χ0) is 44.9. The molecule has 19 heteroatoms. The molecular weight excluding hydrogens is 828 g/mol. The van der Waals surface area contributed by atoms with Gasteiger partial charge in [0.15, 0.2) is 12.4 Å². The molecular formula is C43H44F7N7O5. The number of methoxy groups -OCH3 is 2. The normalized spacial score (nSPS) is 18.0. The Morgan fingerprint density at radius 2 is 1.50 bits per heavy atom. The van der Waals surface area contributed by atoms with Gasteiger partial charge in [0.05, 0.1) is 36.8 Å². The number of hydrogen-bond acceptors (Lipinski definition) is 10. The highest BCUT2D eigenvalue weighted by atomic mass is 19.4. The average Bonchev–Trinajstić information content (AvgIpc) is 3.46. The van der Waals surface area contributed by atoms with Crippen LogP contribution >= 0.6 is 0 Å². The second-order valence-corrected chi connectivity index (χ2v) is 16.5. The number of anilines is 2. The lowest BCUT2D eigenvalue weighted by Crippen LogP contribution is -2.68. The number of fused-ring (bicyclic) bond motifs is 3. The molecule has 7 rings (SSSR count). The van der Waals surface area contributed by atoms with E-state index in [0.717, 1.165) is 17.3 Å². The minimum Gasteiger partial charge on any atom is -0.497 e. The Morgan fingerprint density at radius 3 is 2.02 bits per heavy atom. The highest BCUT2D eigenvalue weighted by Gasteiger charge is 2.59. The van der Waals surface area contributed by atoms with Gasteiger partial charge in [0.2, 0.25) is 0 Å². The van der Waals surface area contributed by atoms with Crippen molar-refractivity contribution >= 4 is 28.6 Å². The number of aryl methyl sites for hydroxylation is 1. The third kappa shape index (κ3) is 8.53. The fourth-order valence-electron chi connectivity index (χ4n) is 8.55. The number of pyridine rings is 2. The van der Waals surface area contributed by atoms with Crippen LogP contribution in [-0.4, -0.2) is 87.7 Å². The third-order valence-corrected chi connectivity index (χ3v) is 11.6. The van der Waals surface area contributed by atoms with Crippen LogP contribution in [0.2, 0.25) is 0 Å². The van der Waals surface area contributed by atoms with Crippen LogP contribution in [0.4, 0.5) is 47.2 Å². The quantitative estimate of drug-likeness (QED) is 0.128. The van der Waals surface area contributed by atoms with Crippen LogP contribution in [0.5, 0.6) is 17.5 Å². The standard InChI is InChI=1S/C43H44F7N7O5/c1-24-17-31(55(19-25-7-11-28(60-5)12-8-25)20-26-9-13-29(61-6)14-10-26)52-35(32(24)43(48,49)50)36-33(44)34-30(18-51-36)37(54-38(53-34)62-23-42(45,46)47)56-21-27-15-16-41(22-56,40(2,3)4)57(27)39(58)59/h7-14,17-18,27H,15-16,19-23H2,1-6H3,(H,58,59)/t27-,41-/m0/s1. The van der Waals surface area contributed by atoms with Crippen molar-refractivity contribution in [2.45, 2.75) is 77.6 Å². The maximum atomic E-state index is 17.2. The zero-order valence-electron chi connectivity index (χ0n) is 34.7. The van der Waals surface area contributed by atoms with E-state index in [1.807, 2.05) is 20.8 Å². The first kappa shape index (κ1) is 43.9. The van der Waals surface area contributed by atoms with E-state index in [4.69, 9.17) is 14.2 Å². The molecule has 0 aliphatic carbocycles. The molecule has 2 bridgehead atoms. The number of carboxylic acid groups (broad SMARTS) is 1. The molecule has 0 saturated carbocycles. The molecule has 2 atom stereocenters. The molecule has 2 aliphatic rings. The summed E-state index contributed by atoms with van der Waals surface area (Å²) >= 11 is 0. The molecule has 5 aromatic rings. The van der Waals surface area contributed by atoms with Crippen LogP contribution in [0.3, 0.4) is 0 Å². The number of benzene rings is 2. The van der Waals surface area contributed by atoms with E-state index in [0.29, 0.717) is 24.3 Å². The summed E-state index contributed by atoms with van der Waals surface area (Å²) in [6, 6.07) is 13.9. The minimum absolute atomic E-state index is 0.00668. The lowest BCUT2D eigenvalue weighted by atomic mass is 9.71. The molecule has 5 heterocycles. The Balaban J connectivity index is 1.40. The fourth-order valence-corrected chi connectivity index (χ4v) is 8.55. The first-order valence-electron chi connectivity index (χ1n) is 19.6. The van der Waals surface area contributed by atoms with Crippen molar-refractivity contribution in [2.75, 3.05) is 43.7 Å². The number of piperazine rings is 1. The van der Waals surface area contributed by atoms with Gasteiger partial charge >= 0.3 is 24.5 Å². The molecule has 1 N–H and O–H groups in total. The van der Waals surface area contributed by atoms with E-state index in [2.05, 4.69) is 19.9 Å². The van der Waals surface area contributed by atoms with Crippen molar-refractivity contribution in [3.63, 3.8) is 0 Å². The van der Waals surface area contributed by atoms with Crippen molar-refractivity contribution < 1.29 is 54.8 Å². The molecule has 2 aromatic carbocycles. The second kappa shape index (κ2) is 16.3. The van der Waals surface area contributed by atoms with Gasteiger partial charge in [-0.1, -0.05) is 45.0 Å². The molecule has 0 spiro atoms. The third-order valence-electron chi connectivity index (χ3n) is 11.6. The maximum Gasteiger partial charge on any atom is 0.422 e. The Kier molecular flexibility index (Phi) is 11.5. The largest absolute Gasteiger partial charge is 0.497 e. The summed E-state index contributed by atoms with van der Waals surface area (Å²) in [5.41, 5.74) is -4.14. The highest BCUT2D eigenvalue weighted by molar-refractivity contribution is 5.92. The molecule has 62 heavy (non-hydrogen) atoms. The number of rotatable bonds is 11. The van der Waals surface area contributed by atoms with Crippen molar-refractivity contribution in [3.05, 3.63) is 88.9 Å². The molecule has 0 radical (unpaired) electrons. The molecule has 0 unspecified atom stereocenters. The molecule has 2 saturated heterocycles. The van der Waals surface area contributed by atoms with Crippen LogP contribution in [-0.2, 0) is 19.3 Å². The van der Waals surface area contributed by atoms with Crippen LogP contribution in [0.1, 0.15) is 55.9 Å². The van der Waals surface area contributed by atoms with Gasteiger partial charge in [0.1, 0.15) is 40.0 Å². The van der Waals surface area contributed by atoms with Crippen molar-refractivity contribution in [1.82, 2.24) is 24.8 Å². The van der Waals surface area contributed by atoms with Crippen LogP contribution in [0, 0.1) is 18.2 Å². The Hall–Kier alpha value is -6.14. The van der Waals surface area contributed by atoms with Gasteiger partial charge in [-0.3, -0.25) is 9.88 Å². The average molecular weight is 872 g/mol. The van der Waals surface area contributed by atoms with Crippen LogP contribution in [0.15, 0.2) is 60.8 Å². The van der Waals surface area contributed by atoms with E-state index in [1.54, 1.807) is 58.3 Å². The van der Waals surface area contributed by atoms with Crippen molar-refractivity contribution in [3.8, 4) is 28.9 Å². The smallest absolute Gasteiger partial charge is 0.422 e. The molecule has 2 fully saturated rings. The topological polar surface area (TPSA) is 126 Å². The monoisotopic (exact) mass is 871 g/mol. The summed E-state index contributed by atoms with van der Waals surface area (Å²) in [7, 11) is 3.02. The van der Waals surface area contributed by atoms with Crippen LogP contribution in [0.25, 0.3) is 22.3 Å². The Labute approximate surface area is 352 Å². The number of amides is 1. The second-order valence-electron chi connectivity index (χ2n) is 16.5. The number of alkyl halides is 6. The summed E-state index contributed by atoms with van der Waals surface area (Å²) in [5.74, 6) is -0.319. The Bertz CT molecular complexity index is 2410. The minimum atomic E-state index is -5.06. The lowest BCUT2D eigenvalue weighted by molar-refractivity contribution is -0.154. The predicted octanol–water partition coefficient (Wildman–Crippen LogP) is 9.47. The summed E-state index contributed by atoms with van der Waals surface area (Å²) in [5, 5.41) is 10.1. The summed E-state index contributed by atoms with van der Waals surface area (Å²) in [6.07, 6.45) is -9.08. The van der Waals surface area contributed by atoms with E-state index in [9.17, 15) is 23.1 Å². The zero-order valence-corrected chi connectivity index (χ0v) is 34.7. The highest BCUT2D eigenvalue weighted by Crippen LogP contribution is 2.51. The molecule has 3 aromatic heterocycles. The van der Waals surface area contributed by atoms with Gasteiger partial charge in [-0.2, -0.15) is 36.3 Å². The van der Waals surface area contributed by atoms with E-state index in [-0.39, 0.29) is 48.8 Å². The van der Waals surface area contributed by atoms with Gasteiger partial charge in [0, 0.05) is 32.4 Å². The first-order valence-corrected chi connectivity index (χ1v) is 19.6. The molecule has 1 amide bonds. The lowest BCUT2D eigenvalue weighted by Gasteiger charge is -2.54. The van der Waals surface area contributed by atoms with Gasteiger partial charge < -0.3 is 29.1 Å². The van der Waals surface area contributed by atoms with Crippen molar-refractivity contribution in [1.29, 1.82) is 0 Å². The number of ether oxygens (including phenoxy) is 3. The predicted molar refractivity (Wildman–Crippen MR) is 215 cm³/mol. The van der Waals surface area contributed by atoms with Crippen LogP contribution < -0.4 is 24.0 Å². The van der Waals surface area contributed by atoms with Crippen molar-refractivity contribution in [2.24, 2.45) is 5.41 Å². The SMILES string of the molecule is COc1ccc(CN(Cc2ccc(OC)cc2)c2cc(C)c(C(F)(F)F)c(-c3ncc4c(N5C[C@@H]6CC[C@@](C(C)(C)C)(C5)N6C(=O)O)nc(OCC(F)(F)F)nc4c3F)n2)cc1. The van der Waals surface area contributed by atoms with Gasteiger partial charge in [-0.15, -0.1) is 0 Å². The number of halogens is 7. The van der Waals surface area contributed by atoms with Gasteiger partial charge in [-0.25, -0.2) is 14.2 Å². The van der Waals surface area contributed by atoms with E-state index in [1.165, 1.54) is 32.1 Å². The van der Waals surface area contributed by atoms with E-state index >= 15 is 17.6 Å². The van der Waals surface area contributed by atoms with Gasteiger partial charge in [-0.05, 0) is 72.2 Å². The Morgan fingerprint density at radius 1 is 0.903 bits per heavy atom. The summed E-state index contributed by atoms with van der Waals surface area (Å²) < 4.78 is 118. The van der Waals surface area contributed by atoms with Gasteiger partial charge in [0.25, 0.3) is 0 Å². The number of hydrogen-bond donors (Lipinski definition) is 1. The number of aromatic nitrogens is 4. The maximum absolute atomic E-state index is 17.2. The van der Waals surface area contributed by atoms with E-state index < -0.39 is 76.3 Å². The summed E-state index contributed by atoms with van der Waals surface area (Å²) in [4.78, 5) is 34.2. The fraction of sp³-hybridized carbons (Fsp3) is 0.419. The number of carbonyl (C=O) groups is 1. The molecule has 2 aliphatic heterocycles.